The van der Waals surface area contributed by atoms with Gasteiger partial charge in [0.2, 0.25) is 0 Å². The van der Waals surface area contributed by atoms with E-state index in [9.17, 15) is 4.79 Å². The number of hydrogen-bond acceptors (Lipinski definition) is 2. The highest BCUT2D eigenvalue weighted by atomic mass is 35.5. The predicted octanol–water partition coefficient (Wildman–Crippen LogP) is 1.34. The first-order chi connectivity index (χ1) is 4.20. The highest BCUT2D eigenvalue weighted by Gasteiger charge is 2.05. The van der Waals surface area contributed by atoms with Gasteiger partial charge in [0, 0.05) is 6.42 Å². The Morgan fingerprint density at radius 3 is 2.78 bits per heavy atom. The second kappa shape index (κ2) is 4.34. The Kier molecular flexibility index (Phi) is 4.08. The molecule has 0 amide bonds. The average Bonchev–Trinajstić information content (AvgIpc) is 1.87. The van der Waals surface area contributed by atoms with Gasteiger partial charge >= 0.3 is 0 Å². The van der Waals surface area contributed by atoms with Crippen molar-refractivity contribution in [3.8, 4) is 6.07 Å². The van der Waals surface area contributed by atoms with Crippen LogP contribution in [-0.4, -0.2) is 11.7 Å². The summed E-state index contributed by atoms with van der Waals surface area (Å²) in [7, 11) is 0. The van der Waals surface area contributed by atoms with E-state index in [0.29, 0.717) is 0 Å². The zero-order valence-corrected chi connectivity index (χ0v) is 5.98. The van der Waals surface area contributed by atoms with Gasteiger partial charge in [-0.1, -0.05) is 0 Å². The van der Waals surface area contributed by atoms with E-state index in [-0.39, 0.29) is 24.0 Å². The Balaban J connectivity index is 3.50. The van der Waals surface area contributed by atoms with Crippen molar-refractivity contribution in [1.82, 2.24) is 0 Å². The molecule has 0 saturated carbocycles. The summed E-state index contributed by atoms with van der Waals surface area (Å²) in [6.07, 6.45) is 0.278. The minimum absolute atomic E-state index is 0.0199. The molecule has 0 heterocycles. The molecule has 0 aliphatic rings. The van der Waals surface area contributed by atoms with Gasteiger partial charge in [-0.3, -0.25) is 4.79 Å². The third-order valence-corrected chi connectivity index (χ3v) is 1.20. The molecule has 0 rings (SSSR count). The van der Waals surface area contributed by atoms with Gasteiger partial charge in [0.15, 0.2) is 0 Å². The molecule has 0 saturated heterocycles. The van der Waals surface area contributed by atoms with Crippen LogP contribution in [0.1, 0.15) is 13.3 Å². The van der Waals surface area contributed by atoms with Gasteiger partial charge in [-0.15, -0.1) is 11.6 Å². The molecule has 0 aliphatic heterocycles. The standard InChI is InChI=1S/C6H8ClNO/c1-5(4-8)2-6(9)3-7/h5H,2-3H2,1H3. The van der Waals surface area contributed by atoms with E-state index in [1.807, 2.05) is 6.07 Å². The van der Waals surface area contributed by atoms with Crippen molar-refractivity contribution in [1.29, 1.82) is 5.26 Å². The quantitative estimate of drug-likeness (QED) is 0.563. The number of carbonyl (C=O) groups excluding carboxylic acids is 1. The molecule has 0 aromatic heterocycles. The molecule has 0 aromatic carbocycles. The van der Waals surface area contributed by atoms with Gasteiger partial charge in [0.1, 0.15) is 5.78 Å². The summed E-state index contributed by atoms with van der Waals surface area (Å²) in [5.41, 5.74) is 0. The summed E-state index contributed by atoms with van der Waals surface area (Å²) < 4.78 is 0. The number of alkyl halides is 1. The minimum Gasteiger partial charge on any atom is -0.298 e. The highest BCUT2D eigenvalue weighted by molar-refractivity contribution is 6.27. The number of rotatable bonds is 3. The maximum atomic E-state index is 10.5. The lowest BCUT2D eigenvalue weighted by molar-refractivity contribution is -0.117. The molecule has 50 valence electrons. The summed E-state index contributed by atoms with van der Waals surface area (Å²) in [6, 6.07) is 1.95. The van der Waals surface area contributed by atoms with Crippen molar-refractivity contribution in [2.24, 2.45) is 5.92 Å². The first kappa shape index (κ1) is 8.45. The van der Waals surface area contributed by atoms with Crippen molar-refractivity contribution in [2.45, 2.75) is 13.3 Å². The zero-order valence-electron chi connectivity index (χ0n) is 5.22. The molecule has 0 aliphatic carbocycles. The molecule has 0 N–H and O–H groups in total. The van der Waals surface area contributed by atoms with Crippen LogP contribution in [0.3, 0.4) is 0 Å². The van der Waals surface area contributed by atoms with Crippen LogP contribution in [0, 0.1) is 17.2 Å². The Morgan fingerprint density at radius 1 is 1.89 bits per heavy atom. The van der Waals surface area contributed by atoms with E-state index in [1.54, 1.807) is 6.92 Å². The van der Waals surface area contributed by atoms with Gasteiger partial charge in [0.05, 0.1) is 17.9 Å². The van der Waals surface area contributed by atoms with Crippen LogP contribution in [0.5, 0.6) is 0 Å². The number of carbonyl (C=O) groups is 1. The SMILES string of the molecule is CC(C#N)CC(=O)CCl. The number of hydrogen-bond donors (Lipinski definition) is 0. The largest absolute Gasteiger partial charge is 0.298 e. The Labute approximate surface area is 59.4 Å². The maximum Gasteiger partial charge on any atom is 0.148 e. The van der Waals surface area contributed by atoms with Crippen LogP contribution >= 0.6 is 11.6 Å². The number of nitrogens with zero attached hydrogens (tertiary/aromatic N) is 1. The second-order valence-electron chi connectivity index (χ2n) is 1.91. The van der Waals surface area contributed by atoms with Crippen LogP contribution in [0.2, 0.25) is 0 Å². The molecule has 0 spiro atoms. The first-order valence-corrected chi connectivity index (χ1v) is 3.21. The Morgan fingerprint density at radius 2 is 2.44 bits per heavy atom. The van der Waals surface area contributed by atoms with E-state index in [2.05, 4.69) is 0 Å². The van der Waals surface area contributed by atoms with E-state index in [0.717, 1.165) is 0 Å². The van der Waals surface area contributed by atoms with Gasteiger partial charge in [-0.2, -0.15) is 5.26 Å². The van der Waals surface area contributed by atoms with Gasteiger partial charge in [-0.05, 0) is 6.92 Å². The Bertz CT molecular complexity index is 138. The number of Topliss-reactive ketones (excluding diaryl/α,β-unsaturated/α-hetero) is 1. The number of nitriles is 1. The van der Waals surface area contributed by atoms with Crippen molar-refractivity contribution in [3.05, 3.63) is 0 Å². The fourth-order valence-corrected chi connectivity index (χ4v) is 0.551. The molecule has 0 fully saturated rings. The fourth-order valence-electron chi connectivity index (χ4n) is 0.442. The van der Waals surface area contributed by atoms with Crippen LogP contribution in [0.15, 0.2) is 0 Å². The van der Waals surface area contributed by atoms with E-state index in [4.69, 9.17) is 16.9 Å². The molecule has 0 aromatic rings. The molecule has 3 heteroatoms. The summed E-state index contributed by atoms with van der Waals surface area (Å²) in [6.45, 7) is 1.70. The number of halogens is 1. The molecular formula is C6H8ClNO. The maximum absolute atomic E-state index is 10.5. The highest BCUT2D eigenvalue weighted by Crippen LogP contribution is 2.00. The molecule has 0 bridgehead atoms. The van der Waals surface area contributed by atoms with Crippen LogP contribution in [0.25, 0.3) is 0 Å². The van der Waals surface area contributed by atoms with E-state index in [1.165, 1.54) is 0 Å². The molecule has 9 heavy (non-hydrogen) atoms. The van der Waals surface area contributed by atoms with E-state index >= 15 is 0 Å². The van der Waals surface area contributed by atoms with Gasteiger partial charge < -0.3 is 0 Å². The average molecular weight is 146 g/mol. The lowest BCUT2D eigenvalue weighted by Gasteiger charge is -1.95. The molecule has 2 nitrogen and oxygen atoms in total. The molecule has 1 unspecified atom stereocenters. The van der Waals surface area contributed by atoms with Gasteiger partial charge in [-0.25, -0.2) is 0 Å². The lowest BCUT2D eigenvalue weighted by Crippen LogP contribution is -2.04. The summed E-state index contributed by atoms with van der Waals surface area (Å²) in [4.78, 5) is 10.5. The normalized spacial score (nSPS) is 12.1. The number of ketones is 1. The topological polar surface area (TPSA) is 40.9 Å². The molecular weight excluding hydrogens is 138 g/mol. The van der Waals surface area contributed by atoms with Crippen LogP contribution in [-0.2, 0) is 4.79 Å². The third-order valence-electron chi connectivity index (χ3n) is 0.903. The summed E-state index contributed by atoms with van der Waals surface area (Å²) in [5, 5.41) is 8.23. The van der Waals surface area contributed by atoms with Gasteiger partial charge in [0.25, 0.3) is 0 Å². The third kappa shape index (κ3) is 3.99. The monoisotopic (exact) mass is 145 g/mol. The van der Waals surface area contributed by atoms with E-state index < -0.39 is 0 Å². The molecule has 0 radical (unpaired) electrons. The minimum atomic E-state index is -0.198. The zero-order chi connectivity index (χ0) is 7.28. The van der Waals surface area contributed by atoms with Crippen LogP contribution in [0.4, 0.5) is 0 Å². The summed E-state index contributed by atoms with van der Waals surface area (Å²) >= 11 is 5.19. The Hall–Kier alpha value is -0.550. The first-order valence-electron chi connectivity index (χ1n) is 2.68. The van der Waals surface area contributed by atoms with Crippen molar-refractivity contribution in [3.63, 3.8) is 0 Å². The van der Waals surface area contributed by atoms with Crippen LogP contribution < -0.4 is 0 Å². The fraction of sp³-hybridized carbons (Fsp3) is 0.667. The van der Waals surface area contributed by atoms with Crippen molar-refractivity contribution < 1.29 is 4.79 Å². The molecule has 1 atom stereocenters. The lowest BCUT2D eigenvalue weighted by atomic mass is 10.1. The van der Waals surface area contributed by atoms with Crippen molar-refractivity contribution >= 4 is 17.4 Å². The summed E-state index contributed by atoms with van der Waals surface area (Å²) in [5.74, 6) is -0.242. The second-order valence-corrected chi connectivity index (χ2v) is 2.17. The van der Waals surface area contributed by atoms with Crippen molar-refractivity contribution in [2.75, 3.05) is 5.88 Å². The predicted molar refractivity (Wildman–Crippen MR) is 35.1 cm³/mol. The smallest absolute Gasteiger partial charge is 0.148 e.